The molecule has 0 aromatic carbocycles. The largest absolute Gasteiger partial charge is 0.345 e. The molecule has 0 bridgehead atoms. The zero-order valence-corrected chi connectivity index (χ0v) is 11.9. The topological polar surface area (TPSA) is 54.5 Å². The normalized spacial score (nSPS) is 28.2. The maximum absolute atomic E-state index is 12.2. The second-order valence-electron chi connectivity index (χ2n) is 5.82. The minimum Gasteiger partial charge on any atom is -0.345 e. The van der Waals surface area contributed by atoms with Gasteiger partial charge < -0.3 is 4.90 Å². The zero-order valence-electron chi connectivity index (χ0n) is 11.1. The van der Waals surface area contributed by atoms with Gasteiger partial charge in [0.15, 0.2) is 9.84 Å². The van der Waals surface area contributed by atoms with Crippen LogP contribution < -0.4 is 0 Å². The molecule has 0 spiro atoms. The van der Waals surface area contributed by atoms with Gasteiger partial charge in [-0.25, -0.2) is 8.42 Å². The van der Waals surface area contributed by atoms with Crippen molar-refractivity contribution in [3.05, 3.63) is 0 Å². The van der Waals surface area contributed by atoms with Crippen molar-refractivity contribution in [1.82, 2.24) is 4.90 Å². The van der Waals surface area contributed by atoms with E-state index in [-0.39, 0.29) is 23.3 Å². The van der Waals surface area contributed by atoms with Crippen LogP contribution in [-0.2, 0) is 14.6 Å². The van der Waals surface area contributed by atoms with Crippen LogP contribution in [0.5, 0.6) is 0 Å². The molecule has 4 nitrogen and oxygen atoms in total. The van der Waals surface area contributed by atoms with Crippen LogP contribution in [0.15, 0.2) is 0 Å². The van der Waals surface area contributed by atoms with Crippen molar-refractivity contribution in [1.29, 1.82) is 0 Å². The Balaban J connectivity index is 1.85. The predicted molar refractivity (Wildman–Crippen MR) is 71.0 cm³/mol. The number of carbonyl (C=O) groups is 1. The van der Waals surface area contributed by atoms with Crippen LogP contribution in [0, 0.1) is 11.8 Å². The van der Waals surface area contributed by atoms with Gasteiger partial charge in [0, 0.05) is 13.6 Å². The number of hydrogen-bond donors (Lipinski definition) is 0. The Hall–Kier alpha value is -0.580. The SMILES string of the molecule is CN(CC1CCCCC1)C(=O)[C@H]1CCS(=O)(=O)C1. The fourth-order valence-corrected chi connectivity index (χ4v) is 4.88. The van der Waals surface area contributed by atoms with Gasteiger partial charge in [0.05, 0.1) is 17.4 Å². The second kappa shape index (κ2) is 5.59. The Labute approximate surface area is 110 Å². The molecule has 0 radical (unpaired) electrons. The second-order valence-corrected chi connectivity index (χ2v) is 8.05. The highest BCUT2D eigenvalue weighted by molar-refractivity contribution is 7.91. The molecule has 0 N–H and O–H groups in total. The standard InChI is InChI=1S/C13H23NO3S/c1-14(9-11-5-3-2-4-6-11)13(15)12-7-8-18(16,17)10-12/h11-12H,2-10H2,1H3/t12-/m0/s1. The van der Waals surface area contributed by atoms with Gasteiger partial charge in [-0.3, -0.25) is 4.79 Å². The summed E-state index contributed by atoms with van der Waals surface area (Å²) in [4.78, 5) is 13.9. The van der Waals surface area contributed by atoms with Crippen LogP contribution in [0.3, 0.4) is 0 Å². The fourth-order valence-electron chi connectivity index (χ4n) is 3.15. The number of nitrogens with zero attached hydrogens (tertiary/aromatic N) is 1. The first kappa shape index (κ1) is 13.8. The number of carbonyl (C=O) groups excluding carboxylic acids is 1. The Kier molecular flexibility index (Phi) is 4.30. The maximum Gasteiger partial charge on any atom is 0.226 e. The summed E-state index contributed by atoms with van der Waals surface area (Å²) in [5.41, 5.74) is 0. The van der Waals surface area contributed by atoms with E-state index in [2.05, 4.69) is 0 Å². The van der Waals surface area contributed by atoms with Crippen molar-refractivity contribution >= 4 is 15.7 Å². The average molecular weight is 273 g/mol. The number of amides is 1. The number of sulfone groups is 1. The van der Waals surface area contributed by atoms with Gasteiger partial charge in [0.2, 0.25) is 5.91 Å². The van der Waals surface area contributed by atoms with Crippen molar-refractivity contribution < 1.29 is 13.2 Å². The molecule has 1 aliphatic heterocycles. The van der Waals surface area contributed by atoms with Gasteiger partial charge in [-0.2, -0.15) is 0 Å². The molecule has 104 valence electrons. The third-order valence-corrected chi connectivity index (χ3v) is 5.98. The Morgan fingerprint density at radius 2 is 1.83 bits per heavy atom. The smallest absolute Gasteiger partial charge is 0.226 e. The van der Waals surface area contributed by atoms with E-state index in [1.807, 2.05) is 7.05 Å². The molecule has 18 heavy (non-hydrogen) atoms. The minimum absolute atomic E-state index is 0.0293. The molecular weight excluding hydrogens is 250 g/mol. The lowest BCUT2D eigenvalue weighted by Crippen LogP contribution is -2.37. The molecule has 2 rings (SSSR count). The summed E-state index contributed by atoms with van der Waals surface area (Å²) in [7, 11) is -1.13. The number of hydrogen-bond acceptors (Lipinski definition) is 3. The van der Waals surface area contributed by atoms with E-state index < -0.39 is 9.84 Å². The van der Waals surface area contributed by atoms with Gasteiger partial charge in [-0.1, -0.05) is 19.3 Å². The van der Waals surface area contributed by atoms with Crippen LogP contribution in [0.4, 0.5) is 0 Å². The first-order chi connectivity index (χ1) is 8.48. The zero-order chi connectivity index (χ0) is 13.2. The molecule has 1 amide bonds. The van der Waals surface area contributed by atoms with Gasteiger partial charge in [0.1, 0.15) is 0 Å². The molecule has 1 aliphatic carbocycles. The molecule has 0 unspecified atom stereocenters. The summed E-state index contributed by atoms with van der Waals surface area (Å²) in [6.07, 6.45) is 6.78. The molecular formula is C13H23NO3S. The highest BCUT2D eigenvalue weighted by atomic mass is 32.2. The van der Waals surface area contributed by atoms with Crippen LogP contribution >= 0.6 is 0 Å². The molecule has 0 aromatic heterocycles. The lowest BCUT2D eigenvalue weighted by Gasteiger charge is -2.28. The quantitative estimate of drug-likeness (QED) is 0.782. The summed E-state index contributed by atoms with van der Waals surface area (Å²) in [5.74, 6) is 0.595. The molecule has 1 saturated carbocycles. The first-order valence-electron chi connectivity index (χ1n) is 6.93. The highest BCUT2D eigenvalue weighted by Crippen LogP contribution is 2.26. The van der Waals surface area contributed by atoms with Crippen molar-refractivity contribution in [2.75, 3.05) is 25.1 Å². The molecule has 2 fully saturated rings. The van der Waals surface area contributed by atoms with E-state index in [1.54, 1.807) is 4.90 Å². The Bertz CT molecular complexity index is 398. The molecule has 1 atom stereocenters. The monoisotopic (exact) mass is 273 g/mol. The van der Waals surface area contributed by atoms with Crippen molar-refractivity contribution in [2.24, 2.45) is 11.8 Å². The van der Waals surface area contributed by atoms with E-state index in [0.29, 0.717) is 12.3 Å². The van der Waals surface area contributed by atoms with Gasteiger partial charge in [-0.15, -0.1) is 0 Å². The van der Waals surface area contributed by atoms with E-state index >= 15 is 0 Å². The van der Waals surface area contributed by atoms with Gasteiger partial charge >= 0.3 is 0 Å². The summed E-state index contributed by atoms with van der Waals surface area (Å²) >= 11 is 0. The lowest BCUT2D eigenvalue weighted by atomic mass is 9.89. The summed E-state index contributed by atoms with van der Waals surface area (Å²) in [6, 6.07) is 0. The van der Waals surface area contributed by atoms with Crippen molar-refractivity contribution in [3.63, 3.8) is 0 Å². The number of rotatable bonds is 3. The first-order valence-corrected chi connectivity index (χ1v) is 8.75. The molecule has 0 aromatic rings. The summed E-state index contributed by atoms with van der Waals surface area (Å²) in [6.45, 7) is 0.801. The summed E-state index contributed by atoms with van der Waals surface area (Å²) in [5, 5.41) is 0. The maximum atomic E-state index is 12.2. The third kappa shape index (κ3) is 3.46. The van der Waals surface area contributed by atoms with E-state index in [0.717, 1.165) is 6.54 Å². The fraction of sp³-hybridized carbons (Fsp3) is 0.923. The van der Waals surface area contributed by atoms with Gasteiger partial charge in [0.25, 0.3) is 0 Å². The highest BCUT2D eigenvalue weighted by Gasteiger charge is 2.34. The molecule has 1 saturated heterocycles. The predicted octanol–water partition coefficient (Wildman–Crippen LogP) is 1.46. The Morgan fingerprint density at radius 3 is 2.39 bits per heavy atom. The third-order valence-electron chi connectivity index (χ3n) is 4.21. The Morgan fingerprint density at radius 1 is 1.17 bits per heavy atom. The van der Waals surface area contributed by atoms with E-state index in [9.17, 15) is 13.2 Å². The van der Waals surface area contributed by atoms with Crippen LogP contribution in [0.2, 0.25) is 0 Å². The minimum atomic E-state index is -2.95. The van der Waals surface area contributed by atoms with E-state index in [4.69, 9.17) is 0 Å². The van der Waals surface area contributed by atoms with Crippen molar-refractivity contribution in [2.45, 2.75) is 38.5 Å². The van der Waals surface area contributed by atoms with Gasteiger partial charge in [-0.05, 0) is 25.2 Å². The molecule has 5 heteroatoms. The average Bonchev–Trinajstić information content (AvgIpc) is 2.70. The van der Waals surface area contributed by atoms with Crippen LogP contribution in [0.1, 0.15) is 38.5 Å². The van der Waals surface area contributed by atoms with Crippen LogP contribution in [-0.4, -0.2) is 44.3 Å². The van der Waals surface area contributed by atoms with Crippen LogP contribution in [0.25, 0.3) is 0 Å². The summed E-state index contributed by atoms with van der Waals surface area (Å²) < 4.78 is 22.8. The lowest BCUT2D eigenvalue weighted by molar-refractivity contribution is -0.134. The molecule has 1 heterocycles. The van der Waals surface area contributed by atoms with Crippen molar-refractivity contribution in [3.8, 4) is 0 Å². The van der Waals surface area contributed by atoms with E-state index in [1.165, 1.54) is 32.1 Å². The molecule has 2 aliphatic rings.